The molecule has 2 atom stereocenters. The maximum Gasteiger partial charge on any atom is 0.251 e. The summed E-state index contributed by atoms with van der Waals surface area (Å²) in [6.07, 6.45) is 10.3. The molecule has 1 saturated carbocycles. The van der Waals surface area contributed by atoms with E-state index in [4.69, 9.17) is 0 Å². The lowest BCUT2D eigenvalue weighted by Gasteiger charge is -2.39. The van der Waals surface area contributed by atoms with Gasteiger partial charge in [-0.25, -0.2) is 4.98 Å². The third-order valence-electron chi connectivity index (χ3n) is 7.92. The normalized spacial score (nSPS) is 18.6. The Morgan fingerprint density at radius 3 is 2.35 bits per heavy atom. The minimum Gasteiger partial charge on any atom is -0.375 e. The molecule has 2 unspecified atom stereocenters. The van der Waals surface area contributed by atoms with E-state index in [1.54, 1.807) is 6.07 Å². The van der Waals surface area contributed by atoms with Crippen molar-refractivity contribution in [2.75, 3.05) is 31.5 Å². The smallest absolute Gasteiger partial charge is 0.251 e. The van der Waals surface area contributed by atoms with E-state index < -0.39 is 0 Å². The zero-order valence-electron chi connectivity index (χ0n) is 22.7. The maximum absolute atomic E-state index is 12.5. The van der Waals surface area contributed by atoms with Crippen molar-refractivity contribution in [2.24, 2.45) is 5.92 Å². The molecule has 1 aliphatic carbocycles. The van der Waals surface area contributed by atoms with E-state index in [-0.39, 0.29) is 17.6 Å². The van der Waals surface area contributed by atoms with Crippen LogP contribution in [0.3, 0.4) is 0 Å². The van der Waals surface area contributed by atoms with Gasteiger partial charge in [0.1, 0.15) is 5.82 Å². The van der Waals surface area contributed by atoms with Gasteiger partial charge in [0.05, 0.1) is 5.52 Å². The molecule has 6 nitrogen and oxygen atoms in total. The van der Waals surface area contributed by atoms with E-state index in [2.05, 4.69) is 70.5 Å². The van der Waals surface area contributed by atoms with Gasteiger partial charge in [-0.3, -0.25) is 9.69 Å². The van der Waals surface area contributed by atoms with E-state index in [1.165, 1.54) is 30.4 Å². The molecule has 6 heteroatoms. The zero-order chi connectivity index (χ0) is 25.9. The van der Waals surface area contributed by atoms with Crippen molar-refractivity contribution in [3.05, 3.63) is 82.4 Å². The van der Waals surface area contributed by atoms with Gasteiger partial charge in [0, 0.05) is 68.0 Å². The highest BCUT2D eigenvalue weighted by Gasteiger charge is 2.31. The van der Waals surface area contributed by atoms with Gasteiger partial charge in [0.25, 0.3) is 5.56 Å². The van der Waals surface area contributed by atoms with Crippen molar-refractivity contribution in [1.29, 1.82) is 0 Å². The number of benzene rings is 1. The Hall–Kier alpha value is -3.12. The molecule has 0 amide bonds. The molecule has 196 valence electrons. The van der Waals surface area contributed by atoms with E-state index in [9.17, 15) is 4.79 Å². The molecule has 2 fully saturated rings. The Bertz CT molecular complexity index is 1280. The molecule has 2 aromatic heterocycles. The van der Waals surface area contributed by atoms with Crippen LogP contribution in [0, 0.1) is 5.92 Å². The Kier molecular flexibility index (Phi) is 7.65. The first-order chi connectivity index (χ1) is 17.9. The predicted molar refractivity (Wildman–Crippen MR) is 153 cm³/mol. The molecule has 0 radical (unpaired) electrons. The van der Waals surface area contributed by atoms with Crippen LogP contribution in [0.25, 0.3) is 10.9 Å². The van der Waals surface area contributed by atoms with E-state index in [1.807, 2.05) is 36.7 Å². The van der Waals surface area contributed by atoms with Crippen LogP contribution in [-0.2, 0) is 0 Å². The number of hydrogen-bond donors (Lipinski definition) is 1. The van der Waals surface area contributed by atoms with Crippen LogP contribution < -0.4 is 10.9 Å². The number of hydrogen-bond acceptors (Lipinski definition) is 5. The number of rotatable bonds is 9. The number of allylic oxidation sites excluding steroid dienone is 1. The highest BCUT2D eigenvalue weighted by molar-refractivity contribution is 5.80. The van der Waals surface area contributed by atoms with Crippen LogP contribution in [0.5, 0.6) is 0 Å². The monoisotopic (exact) mass is 499 g/mol. The second-order valence-electron chi connectivity index (χ2n) is 11.0. The molecule has 1 N–H and O–H groups in total. The molecule has 1 aromatic carbocycles. The Balaban J connectivity index is 1.31. The fourth-order valence-electron chi connectivity index (χ4n) is 5.65. The lowest BCUT2D eigenvalue weighted by atomic mass is 9.96. The van der Waals surface area contributed by atoms with Gasteiger partial charge in [0.2, 0.25) is 0 Å². The van der Waals surface area contributed by atoms with Crippen molar-refractivity contribution < 1.29 is 0 Å². The highest BCUT2D eigenvalue weighted by Crippen LogP contribution is 2.40. The van der Waals surface area contributed by atoms with Gasteiger partial charge in [-0.1, -0.05) is 43.2 Å². The van der Waals surface area contributed by atoms with Crippen LogP contribution in [0.15, 0.2) is 65.7 Å². The lowest BCUT2D eigenvalue weighted by Crippen LogP contribution is -2.45. The molecule has 1 saturated heterocycles. The van der Waals surface area contributed by atoms with Gasteiger partial charge in [-0.15, -0.1) is 0 Å². The van der Waals surface area contributed by atoms with Crippen LogP contribution in [0.4, 0.5) is 5.82 Å². The molecule has 37 heavy (non-hydrogen) atoms. The van der Waals surface area contributed by atoms with Crippen LogP contribution >= 0.6 is 0 Å². The van der Waals surface area contributed by atoms with Crippen molar-refractivity contribution in [3.63, 3.8) is 0 Å². The minimum atomic E-state index is 0.0206. The largest absolute Gasteiger partial charge is 0.375 e. The molecule has 1 aliphatic heterocycles. The molecule has 3 aromatic rings. The number of anilines is 1. The summed E-state index contributed by atoms with van der Waals surface area (Å²) >= 11 is 0. The quantitative estimate of drug-likeness (QED) is 0.383. The number of fused-ring (bicyclic) bond motifs is 1. The predicted octanol–water partition coefficient (Wildman–Crippen LogP) is 6.14. The third-order valence-corrected chi connectivity index (χ3v) is 7.92. The van der Waals surface area contributed by atoms with Gasteiger partial charge < -0.3 is 14.8 Å². The molecule has 5 rings (SSSR count). The standard InChI is InChI=1S/C31H41N5O/c1-5-14-34-15-17-35(18-16-34)28(19-24-6-7-24)26-10-8-25(9-11-26)23(4)33-30-20-29-27(21-32-30)12-13-31(37)36(29)22(2)3/h5,8-14,20-24,28H,6-7,15-19H2,1-4H3,(H,32,33). The summed E-state index contributed by atoms with van der Waals surface area (Å²) in [5, 5.41) is 4.53. The summed E-state index contributed by atoms with van der Waals surface area (Å²) in [6.45, 7) is 12.8. The van der Waals surface area contributed by atoms with Crippen LogP contribution in [0.2, 0.25) is 0 Å². The molecular formula is C31H41N5O. The summed E-state index contributed by atoms with van der Waals surface area (Å²) in [6, 6.07) is 15.4. The maximum atomic E-state index is 12.5. The van der Waals surface area contributed by atoms with Crippen molar-refractivity contribution in [3.8, 4) is 0 Å². The molecule has 3 heterocycles. The van der Waals surface area contributed by atoms with Gasteiger partial charge in [-0.2, -0.15) is 0 Å². The van der Waals surface area contributed by atoms with Crippen molar-refractivity contribution in [2.45, 2.75) is 65.1 Å². The number of nitrogens with one attached hydrogen (secondary N) is 1. The van der Waals surface area contributed by atoms with Crippen molar-refractivity contribution in [1.82, 2.24) is 19.4 Å². The Morgan fingerprint density at radius 1 is 1.00 bits per heavy atom. The van der Waals surface area contributed by atoms with E-state index >= 15 is 0 Å². The Labute approximate surface area is 221 Å². The van der Waals surface area contributed by atoms with Crippen molar-refractivity contribution >= 4 is 16.7 Å². The Morgan fingerprint density at radius 2 is 1.70 bits per heavy atom. The fourth-order valence-corrected chi connectivity index (χ4v) is 5.65. The fraction of sp³-hybridized carbons (Fsp3) is 0.484. The highest BCUT2D eigenvalue weighted by atomic mass is 16.1. The van der Waals surface area contributed by atoms with E-state index in [0.717, 1.165) is 48.8 Å². The van der Waals surface area contributed by atoms with Gasteiger partial charge in [0.15, 0.2) is 0 Å². The summed E-state index contributed by atoms with van der Waals surface area (Å²) in [4.78, 5) is 22.2. The molecule has 2 aliphatic rings. The second kappa shape index (κ2) is 11.1. The number of pyridine rings is 2. The molecular weight excluding hydrogens is 458 g/mol. The summed E-state index contributed by atoms with van der Waals surface area (Å²) < 4.78 is 1.83. The zero-order valence-corrected chi connectivity index (χ0v) is 22.7. The summed E-state index contributed by atoms with van der Waals surface area (Å²) in [5.41, 5.74) is 3.61. The first-order valence-corrected chi connectivity index (χ1v) is 13.9. The third kappa shape index (κ3) is 5.90. The summed E-state index contributed by atoms with van der Waals surface area (Å²) in [7, 11) is 0. The first-order valence-electron chi connectivity index (χ1n) is 13.9. The van der Waals surface area contributed by atoms with Crippen LogP contribution in [-0.4, -0.2) is 45.5 Å². The SMILES string of the molecule is CC=CN1CCN(C(CC2CC2)c2ccc(C(C)Nc3cc4c(ccc(=O)n4C(C)C)cn3)cc2)CC1. The number of nitrogens with zero attached hydrogens (tertiary/aromatic N) is 4. The number of aromatic nitrogens is 2. The van der Waals surface area contributed by atoms with E-state index in [0.29, 0.717) is 6.04 Å². The second-order valence-corrected chi connectivity index (χ2v) is 11.0. The summed E-state index contributed by atoms with van der Waals surface area (Å²) in [5.74, 6) is 1.68. The first kappa shape index (κ1) is 25.5. The molecule has 0 spiro atoms. The average molecular weight is 500 g/mol. The number of piperazine rings is 1. The average Bonchev–Trinajstić information content (AvgIpc) is 3.72. The topological polar surface area (TPSA) is 53.4 Å². The van der Waals surface area contributed by atoms with Crippen LogP contribution in [0.1, 0.15) is 76.2 Å². The lowest BCUT2D eigenvalue weighted by molar-refractivity contribution is 0.113. The molecule has 0 bridgehead atoms. The minimum absolute atomic E-state index is 0.0206. The van der Waals surface area contributed by atoms with Gasteiger partial charge >= 0.3 is 0 Å². The van der Waals surface area contributed by atoms with Gasteiger partial charge in [-0.05, 0) is 63.4 Å².